The summed E-state index contributed by atoms with van der Waals surface area (Å²) in [6.07, 6.45) is 1.80. The van der Waals surface area contributed by atoms with Crippen LogP contribution in [0.3, 0.4) is 0 Å². The van der Waals surface area contributed by atoms with E-state index in [0.717, 1.165) is 17.1 Å². The van der Waals surface area contributed by atoms with Crippen LogP contribution in [0.4, 0.5) is 11.6 Å². The molecule has 0 atom stereocenters. The van der Waals surface area contributed by atoms with Crippen molar-refractivity contribution in [1.82, 2.24) is 19.9 Å². The number of nitrogens with zero attached hydrogens (tertiary/aromatic N) is 7. The molecular formula is C18H20ClCuN9O4. The Labute approximate surface area is 202 Å². The molecule has 13 nitrogen and oxygen atoms in total. The average molecular weight is 525 g/mol. The first-order valence-corrected chi connectivity index (χ1v) is 9.99. The van der Waals surface area contributed by atoms with Gasteiger partial charge in [0.1, 0.15) is 11.6 Å². The standard InChI is InChI=1S/C18H20N6.ClHO4.Cu.N3/c19-17-8-3-6-15(22-17)12-24(11-14-5-1-2-10-21-14)13-16-7-4-9-18(20)23-16;2-1(3,4)5;;1-3-2/h1-10H,11-13H2,(H2,19,22)(H2,20,23);(H,2,3,4,5);;/q;;+2;-1/p-1. The van der Waals surface area contributed by atoms with E-state index in [4.69, 9.17) is 41.2 Å². The molecule has 0 unspecified atom stereocenters. The number of nitrogens with two attached hydrogens (primary N) is 2. The molecule has 1 radical (unpaired) electrons. The van der Waals surface area contributed by atoms with E-state index in [9.17, 15) is 0 Å². The van der Waals surface area contributed by atoms with E-state index in [1.807, 2.05) is 42.5 Å². The summed E-state index contributed by atoms with van der Waals surface area (Å²) in [7, 11) is -4.94. The van der Waals surface area contributed by atoms with E-state index in [0.29, 0.717) is 31.3 Å². The van der Waals surface area contributed by atoms with Gasteiger partial charge < -0.3 is 22.5 Å². The van der Waals surface area contributed by atoms with Crippen LogP contribution in [0.1, 0.15) is 17.1 Å². The molecule has 0 aliphatic rings. The minimum Gasteiger partial charge on any atom is -0.384 e. The van der Waals surface area contributed by atoms with Crippen LogP contribution < -0.4 is 30.1 Å². The number of hydrogen-bond donors (Lipinski definition) is 2. The maximum atomic E-state index is 8.49. The number of rotatable bonds is 6. The third-order valence-electron chi connectivity index (χ3n) is 3.54. The second-order valence-corrected chi connectivity index (χ2v) is 6.80. The predicted molar refractivity (Wildman–Crippen MR) is 105 cm³/mol. The summed E-state index contributed by atoms with van der Waals surface area (Å²) >= 11 is 0. The van der Waals surface area contributed by atoms with Gasteiger partial charge >= 0.3 is 17.1 Å². The molecule has 0 saturated carbocycles. The molecule has 4 N–H and O–H groups in total. The number of nitrogen functional groups attached to an aromatic ring is 2. The van der Waals surface area contributed by atoms with E-state index in [1.54, 1.807) is 18.3 Å². The zero-order valence-electron chi connectivity index (χ0n) is 17.0. The molecule has 0 spiro atoms. The van der Waals surface area contributed by atoms with Gasteiger partial charge in [-0.1, -0.05) is 18.2 Å². The number of hydrogen-bond acceptors (Lipinski definition) is 10. The first-order chi connectivity index (χ1) is 15.1. The van der Waals surface area contributed by atoms with Gasteiger partial charge in [-0.05, 0) is 36.4 Å². The average Bonchev–Trinajstić information content (AvgIpc) is 2.68. The van der Waals surface area contributed by atoms with Crippen LogP contribution in [0.15, 0.2) is 60.8 Å². The van der Waals surface area contributed by atoms with Crippen molar-refractivity contribution in [3.05, 3.63) is 93.8 Å². The van der Waals surface area contributed by atoms with E-state index in [-0.39, 0.29) is 17.1 Å². The van der Waals surface area contributed by atoms with Crippen LogP contribution in [-0.4, -0.2) is 19.9 Å². The molecular weight excluding hydrogens is 505 g/mol. The number of anilines is 2. The molecule has 0 saturated heterocycles. The first-order valence-electron chi connectivity index (χ1n) is 8.76. The molecule has 33 heavy (non-hydrogen) atoms. The Bertz CT molecular complexity index is 936. The molecule has 3 aromatic rings. The minimum absolute atomic E-state index is 0. The van der Waals surface area contributed by atoms with Gasteiger partial charge in [-0.2, -0.15) is 0 Å². The molecule has 0 aliphatic heterocycles. The number of aromatic nitrogens is 3. The monoisotopic (exact) mass is 524 g/mol. The number of halogens is 1. The van der Waals surface area contributed by atoms with Crippen LogP contribution in [0.5, 0.6) is 0 Å². The predicted octanol–water partition coefficient (Wildman–Crippen LogP) is -1.65. The van der Waals surface area contributed by atoms with Crippen molar-refractivity contribution in [2.45, 2.75) is 19.6 Å². The summed E-state index contributed by atoms with van der Waals surface area (Å²) in [5.74, 6) is 1.04. The van der Waals surface area contributed by atoms with Crippen LogP contribution >= 0.6 is 0 Å². The summed E-state index contributed by atoms with van der Waals surface area (Å²) in [4.78, 5) is 16.9. The Kier molecular flexibility index (Phi) is 14.3. The zero-order chi connectivity index (χ0) is 24.0. The Morgan fingerprint density at radius 2 is 1.15 bits per heavy atom. The SMILES string of the molecule is Nc1cccc(CN(Cc2ccccn2)Cc2cccc(N)n2)n1.[Cu+2].[N-]=[N+]=[N-].[O-][Cl+3]([O-])([O-])[O-]. The third-order valence-corrected chi connectivity index (χ3v) is 3.54. The van der Waals surface area contributed by atoms with Gasteiger partial charge in [0.2, 0.25) is 0 Å². The summed E-state index contributed by atoms with van der Waals surface area (Å²) in [6, 6.07) is 17.2. The van der Waals surface area contributed by atoms with Gasteiger partial charge in [0, 0.05) is 25.8 Å². The van der Waals surface area contributed by atoms with Crippen LogP contribution in [0, 0.1) is 10.2 Å². The molecule has 15 heteroatoms. The fourth-order valence-corrected chi connectivity index (χ4v) is 2.52. The second-order valence-electron chi connectivity index (χ2n) is 6.04. The summed E-state index contributed by atoms with van der Waals surface area (Å²) in [5, 5.41) is 0. The van der Waals surface area contributed by atoms with Crippen LogP contribution in [0.2, 0.25) is 0 Å². The van der Waals surface area contributed by atoms with E-state index < -0.39 is 10.2 Å². The van der Waals surface area contributed by atoms with Crippen LogP contribution in [-0.2, 0) is 36.7 Å². The maximum absolute atomic E-state index is 8.49. The van der Waals surface area contributed by atoms with Crippen molar-refractivity contribution in [1.29, 1.82) is 0 Å². The molecule has 3 aromatic heterocycles. The van der Waals surface area contributed by atoms with Crippen molar-refractivity contribution in [2.24, 2.45) is 0 Å². The van der Waals surface area contributed by atoms with Crippen molar-refractivity contribution in [3.8, 4) is 0 Å². The van der Waals surface area contributed by atoms with Gasteiger partial charge in [-0.25, -0.2) is 28.6 Å². The Balaban J connectivity index is 0.000000991. The maximum Gasteiger partial charge on any atom is 2.00 e. The normalized spacial score (nSPS) is 9.97. The van der Waals surface area contributed by atoms with Gasteiger partial charge in [0.05, 0.1) is 17.1 Å². The Hall–Kier alpha value is -3.03. The Morgan fingerprint density at radius 1 is 0.758 bits per heavy atom. The van der Waals surface area contributed by atoms with E-state index >= 15 is 0 Å². The smallest absolute Gasteiger partial charge is 0.384 e. The summed E-state index contributed by atoms with van der Waals surface area (Å²) < 4.78 is 34.0. The van der Waals surface area contributed by atoms with Crippen LogP contribution in [0.25, 0.3) is 16.0 Å². The molecule has 0 bridgehead atoms. The van der Waals surface area contributed by atoms with Crippen molar-refractivity contribution in [3.63, 3.8) is 0 Å². The van der Waals surface area contributed by atoms with E-state index in [2.05, 4.69) is 19.9 Å². The van der Waals surface area contributed by atoms with Gasteiger partial charge in [0.15, 0.2) is 0 Å². The number of pyridine rings is 3. The molecule has 0 fully saturated rings. The zero-order valence-corrected chi connectivity index (χ0v) is 18.7. The second kappa shape index (κ2) is 15.7. The molecule has 179 valence electrons. The third kappa shape index (κ3) is 15.4. The van der Waals surface area contributed by atoms with Gasteiger partial charge in [0.25, 0.3) is 0 Å². The quantitative estimate of drug-likeness (QED) is 0.160. The molecule has 3 rings (SSSR count). The first kappa shape index (κ1) is 30.0. The Morgan fingerprint density at radius 3 is 1.52 bits per heavy atom. The van der Waals surface area contributed by atoms with Crippen molar-refractivity contribution >= 4 is 11.6 Å². The van der Waals surface area contributed by atoms with Gasteiger partial charge in [-0.15, -0.1) is 10.2 Å². The minimum atomic E-state index is -4.94. The fourth-order valence-electron chi connectivity index (χ4n) is 2.52. The molecule has 0 aromatic carbocycles. The topological polar surface area (TPSA) is 245 Å². The molecule has 0 aliphatic carbocycles. The summed E-state index contributed by atoms with van der Waals surface area (Å²) in [6.45, 7) is 1.99. The molecule has 0 amide bonds. The summed E-state index contributed by atoms with van der Waals surface area (Å²) in [5.41, 5.74) is 27.9. The van der Waals surface area contributed by atoms with Gasteiger partial charge in [-0.3, -0.25) is 14.8 Å². The van der Waals surface area contributed by atoms with E-state index in [1.165, 1.54) is 4.91 Å². The van der Waals surface area contributed by atoms with Crippen molar-refractivity contribution < 1.29 is 45.9 Å². The largest absolute Gasteiger partial charge is 2.00 e. The van der Waals surface area contributed by atoms with Crippen molar-refractivity contribution in [2.75, 3.05) is 11.5 Å². The fraction of sp³-hybridized carbons (Fsp3) is 0.167. The molecule has 3 heterocycles.